The number of carbonyl (C=O) groups excluding carboxylic acids is 1. The van der Waals surface area contributed by atoms with Gasteiger partial charge in [-0.25, -0.2) is 13.4 Å². The second-order valence-corrected chi connectivity index (χ2v) is 12.2. The summed E-state index contributed by atoms with van der Waals surface area (Å²) in [6.45, 7) is 7.47. The zero-order valence-electron chi connectivity index (χ0n) is 20.5. The summed E-state index contributed by atoms with van der Waals surface area (Å²) in [6, 6.07) is 22.3. The van der Waals surface area contributed by atoms with Crippen LogP contribution in [0, 0.1) is 0 Å². The van der Waals surface area contributed by atoms with Crippen LogP contribution in [0.2, 0.25) is 0 Å². The average molecular weight is 518 g/mol. The van der Waals surface area contributed by atoms with Crippen LogP contribution in [0.25, 0.3) is 31.8 Å². The third-order valence-corrected chi connectivity index (χ3v) is 9.35. The molecule has 0 saturated heterocycles. The largest absolute Gasteiger partial charge is 0.298 e. The fraction of sp³-hybridized carbons (Fsp3) is 0.214. The number of nitrogens with one attached hydrogen (secondary N) is 1. The van der Waals surface area contributed by atoms with E-state index < -0.39 is 10.0 Å². The molecule has 4 aromatic carbocycles. The lowest BCUT2D eigenvalue weighted by Gasteiger charge is -2.29. The van der Waals surface area contributed by atoms with Crippen LogP contribution in [0.4, 0.5) is 5.13 Å². The van der Waals surface area contributed by atoms with Gasteiger partial charge in [-0.05, 0) is 73.5 Å². The van der Waals surface area contributed by atoms with Crippen molar-refractivity contribution in [2.24, 2.45) is 0 Å². The second-order valence-electron chi connectivity index (χ2n) is 9.32. The zero-order chi connectivity index (χ0) is 25.6. The molecule has 1 heterocycles. The van der Waals surface area contributed by atoms with Gasteiger partial charge in [0.15, 0.2) is 5.13 Å². The van der Waals surface area contributed by atoms with E-state index in [0.717, 1.165) is 21.5 Å². The maximum atomic E-state index is 13.5. The lowest BCUT2D eigenvalue weighted by molar-refractivity contribution is 0.103. The molecule has 0 saturated carbocycles. The third-order valence-electron chi connectivity index (χ3n) is 6.17. The number of aromatic nitrogens is 1. The lowest BCUT2D eigenvalue weighted by Crippen LogP contribution is -2.41. The molecular formula is C28H27N3O3S2. The molecule has 8 heteroatoms. The quantitative estimate of drug-likeness (QED) is 0.255. The number of anilines is 1. The topological polar surface area (TPSA) is 79.4 Å². The first-order chi connectivity index (χ1) is 17.2. The van der Waals surface area contributed by atoms with Crippen molar-refractivity contribution in [1.29, 1.82) is 0 Å². The first-order valence-electron chi connectivity index (χ1n) is 11.8. The van der Waals surface area contributed by atoms with E-state index in [1.807, 2.05) is 76.2 Å². The average Bonchev–Trinajstić information content (AvgIpc) is 3.23. The van der Waals surface area contributed by atoms with Crippen molar-refractivity contribution in [1.82, 2.24) is 9.29 Å². The monoisotopic (exact) mass is 517 g/mol. The van der Waals surface area contributed by atoms with Crippen molar-refractivity contribution in [2.75, 3.05) is 5.32 Å². The molecule has 0 spiro atoms. The number of nitrogens with zero attached hydrogens (tertiary/aromatic N) is 2. The highest BCUT2D eigenvalue weighted by Crippen LogP contribution is 2.33. The van der Waals surface area contributed by atoms with Crippen LogP contribution in [-0.2, 0) is 10.0 Å². The van der Waals surface area contributed by atoms with Gasteiger partial charge in [0, 0.05) is 12.1 Å². The minimum atomic E-state index is -3.67. The molecule has 36 heavy (non-hydrogen) atoms. The van der Waals surface area contributed by atoms with Crippen LogP contribution in [0.15, 0.2) is 77.7 Å². The highest BCUT2D eigenvalue weighted by molar-refractivity contribution is 7.89. The van der Waals surface area contributed by atoms with Gasteiger partial charge in [0.1, 0.15) is 0 Å². The molecule has 0 aliphatic rings. The second kappa shape index (κ2) is 9.28. The number of rotatable bonds is 6. The molecule has 5 aromatic rings. The Balaban J connectivity index is 1.53. The van der Waals surface area contributed by atoms with Gasteiger partial charge < -0.3 is 0 Å². The van der Waals surface area contributed by atoms with Crippen LogP contribution in [-0.4, -0.2) is 35.7 Å². The van der Waals surface area contributed by atoms with E-state index in [9.17, 15) is 13.2 Å². The molecule has 0 unspecified atom stereocenters. The number of carbonyl (C=O) groups is 1. The smallest absolute Gasteiger partial charge is 0.258 e. The maximum absolute atomic E-state index is 13.5. The SMILES string of the molecule is CC(C)N(C(C)C)S(=O)(=O)c1ccc2nc(NC(=O)c3c4ccccc4cc4ccccc34)sc2c1. The summed E-state index contributed by atoms with van der Waals surface area (Å²) in [5, 5.41) is 7.09. The lowest BCUT2D eigenvalue weighted by atomic mass is 9.96. The fourth-order valence-corrected chi connectivity index (χ4v) is 7.65. The summed E-state index contributed by atoms with van der Waals surface area (Å²) >= 11 is 1.26. The Bertz CT molecular complexity index is 1660. The summed E-state index contributed by atoms with van der Waals surface area (Å²) < 4.78 is 28.8. The molecule has 1 amide bonds. The Morgan fingerprint density at radius 2 is 1.44 bits per heavy atom. The van der Waals surface area contributed by atoms with Gasteiger partial charge in [-0.15, -0.1) is 0 Å². The molecule has 0 atom stereocenters. The van der Waals surface area contributed by atoms with E-state index in [0.29, 0.717) is 20.9 Å². The van der Waals surface area contributed by atoms with Gasteiger partial charge >= 0.3 is 0 Å². The number of fused-ring (bicyclic) bond motifs is 3. The van der Waals surface area contributed by atoms with Crippen molar-refractivity contribution < 1.29 is 13.2 Å². The van der Waals surface area contributed by atoms with Gasteiger partial charge in [-0.2, -0.15) is 4.31 Å². The summed E-state index contributed by atoms with van der Waals surface area (Å²) in [5.74, 6) is -0.249. The van der Waals surface area contributed by atoms with Crippen LogP contribution in [0.3, 0.4) is 0 Å². The van der Waals surface area contributed by atoms with E-state index >= 15 is 0 Å². The summed E-state index contributed by atoms with van der Waals surface area (Å²) in [7, 11) is -3.67. The molecule has 184 valence electrons. The van der Waals surface area contributed by atoms with Crippen molar-refractivity contribution in [3.8, 4) is 0 Å². The van der Waals surface area contributed by atoms with Crippen molar-refractivity contribution in [3.63, 3.8) is 0 Å². The molecule has 1 N–H and O–H groups in total. The van der Waals surface area contributed by atoms with Crippen molar-refractivity contribution >= 4 is 64.2 Å². The predicted molar refractivity (Wildman–Crippen MR) is 148 cm³/mol. The molecule has 0 aliphatic heterocycles. The van der Waals surface area contributed by atoms with Crippen molar-refractivity contribution in [3.05, 3.63) is 78.4 Å². The number of sulfonamides is 1. The first-order valence-corrected chi connectivity index (χ1v) is 14.1. The molecular weight excluding hydrogens is 490 g/mol. The number of benzene rings is 4. The van der Waals surface area contributed by atoms with Gasteiger partial charge in [-0.1, -0.05) is 59.9 Å². The summed E-state index contributed by atoms with van der Waals surface area (Å²) in [4.78, 5) is 18.3. The molecule has 5 rings (SSSR count). The Kier molecular flexibility index (Phi) is 6.28. The minimum Gasteiger partial charge on any atom is -0.298 e. The van der Waals surface area contributed by atoms with Crippen LogP contribution < -0.4 is 5.32 Å². The standard InChI is InChI=1S/C28H27N3O3S2/c1-17(2)31(18(3)4)36(33,34)21-13-14-24-25(16-21)35-28(29-24)30-27(32)26-22-11-7-5-9-19(22)15-20-10-6-8-12-23(20)26/h5-18H,1-4H3,(H,29,30,32). The molecule has 0 aliphatic carbocycles. The molecule has 0 bridgehead atoms. The van der Waals surface area contributed by atoms with E-state index in [1.165, 1.54) is 15.6 Å². The highest BCUT2D eigenvalue weighted by atomic mass is 32.2. The maximum Gasteiger partial charge on any atom is 0.258 e. The Morgan fingerprint density at radius 3 is 2.03 bits per heavy atom. The third kappa shape index (κ3) is 4.25. The number of hydrogen-bond donors (Lipinski definition) is 1. The Morgan fingerprint density at radius 1 is 0.861 bits per heavy atom. The van der Waals surface area contributed by atoms with Gasteiger partial charge in [0.2, 0.25) is 10.0 Å². The first kappa shape index (κ1) is 24.4. The van der Waals surface area contributed by atoms with Crippen molar-refractivity contribution in [2.45, 2.75) is 44.7 Å². The minimum absolute atomic E-state index is 0.169. The number of thiazole rings is 1. The van der Waals surface area contributed by atoms with Crippen LogP contribution in [0.1, 0.15) is 38.1 Å². The Labute approximate surface area is 214 Å². The van der Waals surface area contributed by atoms with E-state index in [1.54, 1.807) is 18.2 Å². The van der Waals surface area contributed by atoms with Gasteiger partial charge in [0.05, 0.1) is 20.7 Å². The normalized spacial score (nSPS) is 12.4. The highest BCUT2D eigenvalue weighted by Gasteiger charge is 2.30. The number of hydrogen-bond acceptors (Lipinski definition) is 5. The predicted octanol–water partition coefficient (Wildman–Crippen LogP) is 6.66. The van der Waals surface area contributed by atoms with Crippen LogP contribution >= 0.6 is 11.3 Å². The van der Waals surface area contributed by atoms with E-state index in [-0.39, 0.29) is 22.9 Å². The van der Waals surface area contributed by atoms with Gasteiger partial charge in [0.25, 0.3) is 5.91 Å². The molecule has 0 radical (unpaired) electrons. The van der Waals surface area contributed by atoms with Crippen LogP contribution in [0.5, 0.6) is 0 Å². The summed E-state index contributed by atoms with van der Waals surface area (Å²) in [5.41, 5.74) is 1.23. The molecule has 0 fully saturated rings. The molecule has 6 nitrogen and oxygen atoms in total. The van der Waals surface area contributed by atoms with E-state index in [2.05, 4.69) is 16.4 Å². The zero-order valence-corrected chi connectivity index (χ0v) is 22.2. The Hall–Kier alpha value is -3.33. The summed E-state index contributed by atoms with van der Waals surface area (Å²) in [6.07, 6.45) is 0. The number of amides is 1. The van der Waals surface area contributed by atoms with E-state index in [4.69, 9.17) is 0 Å². The fourth-order valence-electron chi connectivity index (χ4n) is 4.81. The van der Waals surface area contributed by atoms with Gasteiger partial charge in [-0.3, -0.25) is 10.1 Å². The molecule has 1 aromatic heterocycles.